The fraction of sp³-hybridized carbons (Fsp3) is 0.600. The largest absolute Gasteiger partial charge is 0.398 e. The number of nitrogens with zero attached hydrogens (tertiary/aromatic N) is 1. The van der Waals surface area contributed by atoms with Crippen LogP contribution >= 0.6 is 15.9 Å². The van der Waals surface area contributed by atoms with Gasteiger partial charge in [-0.1, -0.05) is 12.8 Å². The zero-order chi connectivity index (χ0) is 15.2. The zero-order valence-electron chi connectivity index (χ0n) is 12.2. The second kappa shape index (κ2) is 5.56. The van der Waals surface area contributed by atoms with Crippen LogP contribution in [0.1, 0.15) is 37.7 Å². The first-order valence-electron chi connectivity index (χ1n) is 7.48. The van der Waals surface area contributed by atoms with Gasteiger partial charge in [-0.15, -0.1) is 0 Å². The Labute approximate surface area is 134 Å². The number of sulfonamides is 1. The third kappa shape index (κ3) is 2.62. The van der Waals surface area contributed by atoms with Crippen molar-refractivity contribution in [2.24, 2.45) is 5.92 Å². The van der Waals surface area contributed by atoms with Crippen LogP contribution < -0.4 is 5.73 Å². The quantitative estimate of drug-likeness (QED) is 0.810. The Kier molecular flexibility index (Phi) is 4.05. The van der Waals surface area contributed by atoms with E-state index in [-0.39, 0.29) is 6.04 Å². The summed E-state index contributed by atoms with van der Waals surface area (Å²) in [5.74, 6) is 0.543. The van der Waals surface area contributed by atoms with Crippen molar-refractivity contribution < 1.29 is 8.42 Å². The topological polar surface area (TPSA) is 63.4 Å². The molecule has 116 valence electrons. The van der Waals surface area contributed by atoms with Gasteiger partial charge in [0.25, 0.3) is 0 Å². The van der Waals surface area contributed by atoms with E-state index < -0.39 is 10.0 Å². The van der Waals surface area contributed by atoms with Crippen molar-refractivity contribution >= 4 is 31.6 Å². The fourth-order valence-electron chi connectivity index (χ4n) is 3.73. The lowest BCUT2D eigenvalue weighted by atomic mass is 9.86. The van der Waals surface area contributed by atoms with E-state index in [1.165, 1.54) is 6.42 Å². The molecule has 0 amide bonds. The van der Waals surface area contributed by atoms with Crippen molar-refractivity contribution in [3.8, 4) is 0 Å². The van der Waals surface area contributed by atoms with E-state index in [2.05, 4.69) is 15.9 Å². The van der Waals surface area contributed by atoms with Gasteiger partial charge in [0, 0.05) is 22.7 Å². The molecule has 0 bridgehead atoms. The number of hydrogen-bond donors (Lipinski definition) is 1. The average Bonchev–Trinajstić information content (AvgIpc) is 2.87. The Morgan fingerprint density at radius 3 is 2.71 bits per heavy atom. The number of nitrogens with two attached hydrogens (primary N) is 1. The van der Waals surface area contributed by atoms with Crippen LogP contribution in [0.5, 0.6) is 0 Å². The van der Waals surface area contributed by atoms with Crippen molar-refractivity contribution in [1.29, 1.82) is 0 Å². The molecule has 2 fully saturated rings. The summed E-state index contributed by atoms with van der Waals surface area (Å²) in [5, 5.41) is 0. The Hall–Kier alpha value is -0.590. The van der Waals surface area contributed by atoms with Crippen molar-refractivity contribution in [3.63, 3.8) is 0 Å². The highest BCUT2D eigenvalue weighted by atomic mass is 79.9. The summed E-state index contributed by atoms with van der Waals surface area (Å²) in [6.45, 7) is 2.47. The van der Waals surface area contributed by atoms with Gasteiger partial charge in [-0.3, -0.25) is 0 Å². The molecule has 21 heavy (non-hydrogen) atoms. The predicted molar refractivity (Wildman–Crippen MR) is 87.5 cm³/mol. The molecule has 2 N–H and O–H groups in total. The molecule has 1 saturated carbocycles. The van der Waals surface area contributed by atoms with Crippen LogP contribution in [-0.4, -0.2) is 25.3 Å². The van der Waals surface area contributed by atoms with Crippen LogP contribution in [0.4, 0.5) is 5.69 Å². The number of hydrogen-bond acceptors (Lipinski definition) is 3. The minimum absolute atomic E-state index is 0.188. The van der Waals surface area contributed by atoms with Gasteiger partial charge in [0.05, 0.1) is 4.90 Å². The second-order valence-corrected chi connectivity index (χ2v) is 8.87. The van der Waals surface area contributed by atoms with Gasteiger partial charge in [0.1, 0.15) is 0 Å². The minimum Gasteiger partial charge on any atom is -0.398 e. The first kappa shape index (κ1) is 15.3. The van der Waals surface area contributed by atoms with Gasteiger partial charge >= 0.3 is 0 Å². The Bertz CT molecular complexity index is 660. The summed E-state index contributed by atoms with van der Waals surface area (Å²) in [6, 6.07) is 3.56. The maximum Gasteiger partial charge on any atom is 0.243 e. The second-order valence-electron chi connectivity index (χ2n) is 6.16. The molecule has 0 spiro atoms. The summed E-state index contributed by atoms with van der Waals surface area (Å²) in [6.07, 6.45) is 5.52. The number of rotatable bonds is 2. The van der Waals surface area contributed by atoms with Crippen LogP contribution in [0, 0.1) is 12.8 Å². The van der Waals surface area contributed by atoms with E-state index in [1.54, 1.807) is 16.4 Å². The highest BCUT2D eigenvalue weighted by molar-refractivity contribution is 9.10. The van der Waals surface area contributed by atoms with Crippen molar-refractivity contribution in [1.82, 2.24) is 4.31 Å². The van der Waals surface area contributed by atoms with Crippen LogP contribution in [0.15, 0.2) is 21.5 Å². The Morgan fingerprint density at radius 1 is 1.24 bits per heavy atom. The SMILES string of the molecule is Cc1cc(Br)c(N)cc1S(=O)(=O)N1CCC2CCCCC21. The molecular weight excluding hydrogens is 352 g/mol. The first-order valence-corrected chi connectivity index (χ1v) is 9.72. The summed E-state index contributed by atoms with van der Waals surface area (Å²) in [7, 11) is -3.45. The summed E-state index contributed by atoms with van der Waals surface area (Å²) in [5.41, 5.74) is 7.10. The molecule has 1 heterocycles. The molecule has 1 aromatic rings. The monoisotopic (exact) mass is 372 g/mol. The van der Waals surface area contributed by atoms with Crippen LogP contribution in [-0.2, 0) is 10.0 Å². The van der Waals surface area contributed by atoms with Crippen molar-refractivity contribution in [3.05, 3.63) is 22.2 Å². The maximum absolute atomic E-state index is 13.0. The molecule has 1 aliphatic heterocycles. The molecule has 1 aromatic carbocycles. The van der Waals surface area contributed by atoms with E-state index >= 15 is 0 Å². The summed E-state index contributed by atoms with van der Waals surface area (Å²) in [4.78, 5) is 0.356. The van der Waals surface area contributed by atoms with Gasteiger partial charge in [0.2, 0.25) is 10.0 Å². The standard InChI is InChI=1S/C15H21BrN2O2S/c1-10-8-12(16)13(17)9-15(10)21(19,20)18-7-6-11-4-2-3-5-14(11)18/h8-9,11,14H,2-7,17H2,1H3. The van der Waals surface area contributed by atoms with E-state index in [0.717, 1.165) is 35.7 Å². The Morgan fingerprint density at radius 2 is 1.95 bits per heavy atom. The molecule has 0 radical (unpaired) electrons. The number of fused-ring (bicyclic) bond motifs is 1. The smallest absolute Gasteiger partial charge is 0.243 e. The third-order valence-electron chi connectivity index (χ3n) is 4.84. The normalized spacial score (nSPS) is 26.8. The molecule has 4 nitrogen and oxygen atoms in total. The molecule has 1 aliphatic carbocycles. The van der Waals surface area contributed by atoms with E-state index in [4.69, 9.17) is 5.73 Å². The minimum atomic E-state index is -3.45. The molecule has 0 aromatic heterocycles. The van der Waals surface area contributed by atoms with E-state index in [9.17, 15) is 8.42 Å². The lowest BCUT2D eigenvalue weighted by Gasteiger charge is -2.31. The van der Waals surface area contributed by atoms with Gasteiger partial charge in [-0.25, -0.2) is 8.42 Å². The van der Waals surface area contributed by atoms with Crippen LogP contribution in [0.25, 0.3) is 0 Å². The lowest BCUT2D eigenvalue weighted by molar-refractivity contribution is 0.260. The molecule has 2 aliphatic rings. The molecule has 2 atom stereocenters. The van der Waals surface area contributed by atoms with E-state index in [0.29, 0.717) is 23.0 Å². The Balaban J connectivity index is 1.99. The van der Waals surface area contributed by atoms with Gasteiger partial charge in [-0.2, -0.15) is 4.31 Å². The average molecular weight is 373 g/mol. The number of benzene rings is 1. The number of aryl methyl sites for hydroxylation is 1. The highest BCUT2D eigenvalue weighted by Crippen LogP contribution is 2.40. The lowest BCUT2D eigenvalue weighted by Crippen LogP contribution is -2.39. The first-order chi connectivity index (χ1) is 9.91. The number of anilines is 1. The zero-order valence-corrected chi connectivity index (χ0v) is 14.6. The molecule has 1 saturated heterocycles. The van der Waals surface area contributed by atoms with Crippen molar-refractivity contribution in [2.45, 2.75) is 50.0 Å². The molecular formula is C15H21BrN2O2S. The van der Waals surface area contributed by atoms with Crippen LogP contribution in [0.3, 0.4) is 0 Å². The highest BCUT2D eigenvalue weighted by Gasteiger charge is 2.42. The van der Waals surface area contributed by atoms with Crippen LogP contribution in [0.2, 0.25) is 0 Å². The van der Waals surface area contributed by atoms with E-state index in [1.807, 2.05) is 6.92 Å². The number of halogens is 1. The summed E-state index contributed by atoms with van der Waals surface area (Å²) >= 11 is 3.35. The third-order valence-corrected chi connectivity index (χ3v) is 7.59. The van der Waals surface area contributed by atoms with Gasteiger partial charge < -0.3 is 5.73 Å². The van der Waals surface area contributed by atoms with Crippen molar-refractivity contribution in [2.75, 3.05) is 12.3 Å². The molecule has 3 rings (SSSR count). The maximum atomic E-state index is 13.0. The van der Waals surface area contributed by atoms with Gasteiger partial charge in [-0.05, 0) is 65.7 Å². The number of nitrogen functional groups attached to an aromatic ring is 1. The van der Waals surface area contributed by atoms with Gasteiger partial charge in [0.15, 0.2) is 0 Å². The molecule has 6 heteroatoms. The predicted octanol–water partition coefficient (Wildman–Crippen LogP) is 3.29. The summed E-state index contributed by atoms with van der Waals surface area (Å²) < 4.78 is 28.5. The molecule has 2 unspecified atom stereocenters. The fourth-order valence-corrected chi connectivity index (χ4v) is 6.17.